The Kier molecular flexibility index (Phi) is 7.19. The zero-order chi connectivity index (χ0) is 15.0. The summed E-state index contributed by atoms with van der Waals surface area (Å²) in [7, 11) is 0. The molecular formula is C14H26N2O3S. The second-order valence-corrected chi connectivity index (χ2v) is 6.86. The number of hydrogen-bond acceptors (Lipinski definition) is 3. The highest BCUT2D eigenvalue weighted by molar-refractivity contribution is 8.00. The zero-order valence-corrected chi connectivity index (χ0v) is 13.2. The van der Waals surface area contributed by atoms with E-state index in [2.05, 4.69) is 16.9 Å². The zero-order valence-electron chi connectivity index (χ0n) is 12.4. The predicted octanol–water partition coefficient (Wildman–Crippen LogP) is 2.46. The number of hydrogen-bond donors (Lipinski definition) is 3. The Bertz CT molecular complexity index is 330. The lowest BCUT2D eigenvalue weighted by molar-refractivity contribution is -0.141. The lowest BCUT2D eigenvalue weighted by Gasteiger charge is -2.35. The van der Waals surface area contributed by atoms with Crippen molar-refractivity contribution < 1.29 is 14.7 Å². The molecule has 5 nitrogen and oxygen atoms in total. The maximum absolute atomic E-state index is 11.7. The summed E-state index contributed by atoms with van der Waals surface area (Å²) in [6.07, 6.45) is 8.65. The van der Waals surface area contributed by atoms with Gasteiger partial charge in [-0.05, 0) is 25.5 Å². The van der Waals surface area contributed by atoms with Gasteiger partial charge in [0.15, 0.2) is 0 Å². The number of amides is 2. The molecule has 3 N–H and O–H groups in total. The molecule has 1 saturated carbocycles. The molecule has 0 spiro atoms. The molecule has 116 valence electrons. The van der Waals surface area contributed by atoms with Crippen LogP contribution in [-0.4, -0.2) is 41.2 Å². The van der Waals surface area contributed by atoms with E-state index < -0.39 is 11.9 Å². The molecule has 0 aromatic heterocycles. The Labute approximate surface area is 125 Å². The molecule has 2 amide bonds. The van der Waals surface area contributed by atoms with Gasteiger partial charge >= 0.3 is 12.0 Å². The Balaban J connectivity index is 2.23. The predicted molar refractivity (Wildman–Crippen MR) is 82.1 cm³/mol. The fraction of sp³-hybridized carbons (Fsp3) is 0.857. The van der Waals surface area contributed by atoms with Crippen molar-refractivity contribution in [3.05, 3.63) is 0 Å². The maximum atomic E-state index is 11.7. The van der Waals surface area contributed by atoms with Crippen molar-refractivity contribution in [2.24, 2.45) is 5.92 Å². The van der Waals surface area contributed by atoms with Crippen molar-refractivity contribution >= 4 is 23.8 Å². The van der Waals surface area contributed by atoms with Crippen molar-refractivity contribution in [3.8, 4) is 0 Å². The molecule has 0 heterocycles. The Hall–Kier alpha value is -0.910. The number of thioether (sulfide) groups is 1. The summed E-state index contributed by atoms with van der Waals surface area (Å²) in [6, 6.07) is -0.193. The van der Waals surface area contributed by atoms with Gasteiger partial charge in [0, 0.05) is 17.8 Å². The van der Waals surface area contributed by atoms with E-state index in [1.807, 2.05) is 11.8 Å². The van der Waals surface area contributed by atoms with Gasteiger partial charge in [0.25, 0.3) is 0 Å². The van der Waals surface area contributed by atoms with Crippen LogP contribution in [0.3, 0.4) is 0 Å². The second-order valence-electron chi connectivity index (χ2n) is 5.59. The third-order valence-electron chi connectivity index (χ3n) is 4.05. The maximum Gasteiger partial charge on any atom is 0.314 e. The van der Waals surface area contributed by atoms with Gasteiger partial charge in [-0.25, -0.2) is 4.79 Å². The van der Waals surface area contributed by atoms with Gasteiger partial charge in [-0.15, -0.1) is 0 Å². The second kappa shape index (κ2) is 8.39. The van der Waals surface area contributed by atoms with Gasteiger partial charge in [0.05, 0.1) is 5.92 Å². The van der Waals surface area contributed by atoms with Gasteiger partial charge in [-0.1, -0.05) is 26.2 Å². The van der Waals surface area contributed by atoms with Gasteiger partial charge in [-0.3, -0.25) is 4.79 Å². The number of carboxylic acid groups (broad SMARTS) is 1. The molecule has 0 bridgehead atoms. The van der Waals surface area contributed by atoms with Crippen LogP contribution in [0, 0.1) is 5.92 Å². The molecule has 0 saturated heterocycles. The van der Waals surface area contributed by atoms with Crippen LogP contribution in [0.5, 0.6) is 0 Å². The first-order valence-electron chi connectivity index (χ1n) is 7.29. The van der Waals surface area contributed by atoms with E-state index >= 15 is 0 Å². The van der Waals surface area contributed by atoms with Crippen LogP contribution in [0.2, 0.25) is 0 Å². The van der Waals surface area contributed by atoms with Crippen LogP contribution < -0.4 is 10.6 Å². The molecule has 0 aromatic carbocycles. The monoisotopic (exact) mass is 302 g/mol. The standard InChI is InChI=1S/C14H26N2O3S/c1-11(12(17)18)6-9-15-13(19)16-10-14(20-2)7-4-3-5-8-14/h11H,3-10H2,1-2H3,(H,17,18)(H2,15,16,19). The minimum absolute atomic E-state index is 0.184. The molecule has 1 atom stereocenters. The van der Waals surface area contributed by atoms with Gasteiger partial charge in [0.2, 0.25) is 0 Å². The molecule has 1 unspecified atom stereocenters. The summed E-state index contributed by atoms with van der Waals surface area (Å²) in [5.41, 5.74) is 0. The van der Waals surface area contributed by atoms with Crippen LogP contribution in [0.15, 0.2) is 0 Å². The largest absolute Gasteiger partial charge is 0.481 e. The highest BCUT2D eigenvalue weighted by Crippen LogP contribution is 2.37. The molecule has 20 heavy (non-hydrogen) atoms. The number of aliphatic carboxylic acids is 1. The van der Waals surface area contributed by atoms with Gasteiger partial charge in [0.1, 0.15) is 0 Å². The van der Waals surface area contributed by atoms with E-state index in [1.165, 1.54) is 19.3 Å². The molecule has 0 radical (unpaired) electrons. The fourth-order valence-electron chi connectivity index (χ4n) is 2.48. The highest BCUT2D eigenvalue weighted by Gasteiger charge is 2.31. The van der Waals surface area contributed by atoms with Crippen LogP contribution in [-0.2, 0) is 4.79 Å². The van der Waals surface area contributed by atoms with Crippen molar-refractivity contribution in [1.29, 1.82) is 0 Å². The van der Waals surface area contributed by atoms with Crippen LogP contribution in [0.25, 0.3) is 0 Å². The van der Waals surface area contributed by atoms with Gasteiger partial charge < -0.3 is 15.7 Å². The summed E-state index contributed by atoms with van der Waals surface area (Å²) in [4.78, 5) is 22.4. The summed E-state index contributed by atoms with van der Waals surface area (Å²) in [6.45, 7) is 2.73. The van der Waals surface area contributed by atoms with E-state index in [0.717, 1.165) is 12.8 Å². The lowest BCUT2D eigenvalue weighted by atomic mass is 9.88. The van der Waals surface area contributed by atoms with Crippen molar-refractivity contribution in [1.82, 2.24) is 10.6 Å². The number of carboxylic acids is 1. The average Bonchev–Trinajstić information content (AvgIpc) is 2.46. The topological polar surface area (TPSA) is 78.4 Å². The average molecular weight is 302 g/mol. The Morgan fingerprint density at radius 1 is 1.25 bits per heavy atom. The molecule has 0 aromatic rings. The summed E-state index contributed by atoms with van der Waals surface area (Å²) < 4.78 is 0.184. The van der Waals surface area contributed by atoms with E-state index in [-0.39, 0.29) is 10.8 Å². The summed E-state index contributed by atoms with van der Waals surface area (Å²) >= 11 is 1.85. The van der Waals surface area contributed by atoms with Crippen molar-refractivity contribution in [2.45, 2.75) is 50.2 Å². The van der Waals surface area contributed by atoms with E-state index in [0.29, 0.717) is 19.5 Å². The SMILES string of the molecule is CSC1(CNC(=O)NCCC(C)C(=O)O)CCCCC1. The smallest absolute Gasteiger partial charge is 0.314 e. The first kappa shape index (κ1) is 17.1. The number of carbonyl (C=O) groups excluding carboxylic acids is 1. The molecule has 1 rings (SSSR count). The quantitative estimate of drug-likeness (QED) is 0.675. The number of nitrogens with one attached hydrogen (secondary N) is 2. The molecule has 1 aliphatic rings. The van der Waals surface area contributed by atoms with E-state index in [1.54, 1.807) is 6.92 Å². The van der Waals surface area contributed by atoms with Gasteiger partial charge in [-0.2, -0.15) is 11.8 Å². The highest BCUT2D eigenvalue weighted by atomic mass is 32.2. The first-order chi connectivity index (χ1) is 9.49. The molecule has 6 heteroatoms. The molecule has 0 aliphatic heterocycles. The van der Waals surface area contributed by atoms with Crippen molar-refractivity contribution in [2.75, 3.05) is 19.3 Å². The summed E-state index contributed by atoms with van der Waals surface area (Å²) in [5.74, 6) is -1.25. The minimum Gasteiger partial charge on any atom is -0.481 e. The minimum atomic E-state index is -0.823. The summed E-state index contributed by atoms with van der Waals surface area (Å²) in [5, 5.41) is 14.4. The van der Waals surface area contributed by atoms with Crippen LogP contribution >= 0.6 is 11.8 Å². The fourth-order valence-corrected chi connectivity index (χ4v) is 3.39. The lowest BCUT2D eigenvalue weighted by Crippen LogP contribution is -2.45. The normalized spacial score (nSPS) is 19.1. The molecule has 1 aliphatic carbocycles. The number of rotatable bonds is 7. The van der Waals surface area contributed by atoms with Crippen molar-refractivity contribution in [3.63, 3.8) is 0 Å². The Morgan fingerprint density at radius 3 is 2.45 bits per heavy atom. The third-order valence-corrected chi connectivity index (χ3v) is 5.47. The number of urea groups is 1. The van der Waals surface area contributed by atoms with Crippen LogP contribution in [0.1, 0.15) is 45.4 Å². The van der Waals surface area contributed by atoms with E-state index in [4.69, 9.17) is 5.11 Å². The number of carbonyl (C=O) groups is 2. The van der Waals surface area contributed by atoms with E-state index in [9.17, 15) is 9.59 Å². The van der Waals surface area contributed by atoms with Crippen LogP contribution in [0.4, 0.5) is 4.79 Å². The third kappa shape index (κ3) is 5.61. The Morgan fingerprint density at radius 2 is 1.90 bits per heavy atom. The molecular weight excluding hydrogens is 276 g/mol. The molecule has 1 fully saturated rings. The first-order valence-corrected chi connectivity index (χ1v) is 8.51.